The fourth-order valence-corrected chi connectivity index (χ4v) is 1.40. The molecular weight excluding hydrogens is 214 g/mol. The summed E-state index contributed by atoms with van der Waals surface area (Å²) in [5, 5.41) is 2.91. The molecule has 2 aromatic rings. The van der Waals surface area contributed by atoms with Crippen LogP contribution in [0.25, 0.3) is 0 Å². The summed E-state index contributed by atoms with van der Waals surface area (Å²) in [6.45, 7) is 0.193. The Morgan fingerprint density at radius 2 is 1.59 bits per heavy atom. The highest BCUT2D eigenvalue weighted by atomic mass is 16.5. The first-order valence-corrected chi connectivity index (χ1v) is 5.30. The molecular formula is C14H12NO2. The number of hydrogen-bond acceptors (Lipinski definition) is 3. The van der Waals surface area contributed by atoms with Gasteiger partial charge in [-0.25, -0.2) is 0 Å². The molecule has 0 amide bonds. The van der Waals surface area contributed by atoms with E-state index in [0.29, 0.717) is 0 Å². The standard InChI is InChI=1S/C14H12NO2/c16-11-10-15-12-6-8-14(9-7-12)17-13-4-2-1-3-5-13/h1-9,15H,10H2. The van der Waals surface area contributed by atoms with Crippen molar-refractivity contribution >= 4 is 12.0 Å². The molecule has 3 nitrogen and oxygen atoms in total. The van der Waals surface area contributed by atoms with Crippen LogP contribution in [0.3, 0.4) is 0 Å². The van der Waals surface area contributed by atoms with Gasteiger partial charge in [-0.15, -0.1) is 0 Å². The van der Waals surface area contributed by atoms with Gasteiger partial charge in [0.2, 0.25) is 6.29 Å². The predicted molar refractivity (Wildman–Crippen MR) is 67.1 cm³/mol. The predicted octanol–water partition coefficient (Wildman–Crippen LogP) is 3.00. The maximum Gasteiger partial charge on any atom is 0.219 e. The number of carbonyl (C=O) groups excluding carboxylic acids is 1. The van der Waals surface area contributed by atoms with Crippen LogP contribution in [-0.2, 0) is 4.79 Å². The van der Waals surface area contributed by atoms with Gasteiger partial charge in [0.25, 0.3) is 0 Å². The molecule has 0 spiro atoms. The van der Waals surface area contributed by atoms with E-state index in [1.54, 1.807) is 6.29 Å². The Morgan fingerprint density at radius 3 is 2.24 bits per heavy atom. The number of para-hydroxylation sites is 1. The molecule has 0 fully saturated rings. The third-order valence-electron chi connectivity index (χ3n) is 2.20. The number of ether oxygens (including phenoxy) is 1. The lowest BCUT2D eigenvalue weighted by atomic mass is 10.3. The van der Waals surface area contributed by atoms with Crippen LogP contribution < -0.4 is 10.1 Å². The van der Waals surface area contributed by atoms with Crippen LogP contribution in [0.5, 0.6) is 11.5 Å². The second-order valence-corrected chi connectivity index (χ2v) is 3.44. The van der Waals surface area contributed by atoms with Crippen molar-refractivity contribution in [3.05, 3.63) is 54.6 Å². The Bertz CT molecular complexity index is 465. The normalized spacial score (nSPS) is 9.65. The van der Waals surface area contributed by atoms with Crippen molar-refractivity contribution in [3.8, 4) is 11.5 Å². The molecule has 2 aromatic carbocycles. The Morgan fingerprint density at radius 1 is 0.941 bits per heavy atom. The van der Waals surface area contributed by atoms with Gasteiger partial charge in [-0.3, -0.25) is 4.79 Å². The molecule has 0 aliphatic heterocycles. The SMILES string of the molecule is O=[C]CNc1ccc(Oc2ccccc2)cc1. The molecule has 0 unspecified atom stereocenters. The Labute approximate surface area is 100 Å². The van der Waals surface area contributed by atoms with E-state index < -0.39 is 0 Å². The molecule has 0 heterocycles. The smallest absolute Gasteiger partial charge is 0.219 e. The summed E-state index contributed by atoms with van der Waals surface area (Å²) in [6.07, 6.45) is 1.78. The lowest BCUT2D eigenvalue weighted by Gasteiger charge is -2.06. The average Bonchev–Trinajstić information content (AvgIpc) is 2.39. The zero-order chi connectivity index (χ0) is 11.9. The molecule has 0 saturated heterocycles. The second-order valence-electron chi connectivity index (χ2n) is 3.44. The molecule has 0 aromatic heterocycles. The average molecular weight is 226 g/mol. The summed E-state index contributed by atoms with van der Waals surface area (Å²) < 4.78 is 5.63. The number of benzene rings is 2. The molecule has 0 atom stereocenters. The van der Waals surface area contributed by atoms with Crippen LogP contribution in [0.1, 0.15) is 0 Å². The van der Waals surface area contributed by atoms with Crippen molar-refractivity contribution in [2.75, 3.05) is 11.9 Å². The summed E-state index contributed by atoms with van der Waals surface area (Å²) >= 11 is 0. The first-order chi connectivity index (χ1) is 8.38. The van der Waals surface area contributed by atoms with E-state index in [1.165, 1.54) is 0 Å². The van der Waals surface area contributed by atoms with Gasteiger partial charge in [-0.05, 0) is 36.4 Å². The first kappa shape index (κ1) is 11.2. The summed E-state index contributed by atoms with van der Waals surface area (Å²) in [7, 11) is 0. The van der Waals surface area contributed by atoms with Gasteiger partial charge in [-0.2, -0.15) is 0 Å². The lowest BCUT2D eigenvalue weighted by molar-refractivity contribution is 0.483. The molecule has 0 aliphatic carbocycles. The van der Waals surface area contributed by atoms with Gasteiger partial charge in [0.1, 0.15) is 11.5 Å². The number of anilines is 1. The monoisotopic (exact) mass is 226 g/mol. The fourth-order valence-electron chi connectivity index (χ4n) is 1.40. The fraction of sp³-hybridized carbons (Fsp3) is 0.0714. The van der Waals surface area contributed by atoms with Gasteiger partial charge >= 0.3 is 0 Å². The molecule has 0 aliphatic rings. The van der Waals surface area contributed by atoms with E-state index in [1.807, 2.05) is 54.6 Å². The van der Waals surface area contributed by atoms with Crippen molar-refractivity contribution in [1.82, 2.24) is 0 Å². The van der Waals surface area contributed by atoms with E-state index in [4.69, 9.17) is 4.74 Å². The zero-order valence-electron chi connectivity index (χ0n) is 9.22. The molecule has 17 heavy (non-hydrogen) atoms. The van der Waals surface area contributed by atoms with Crippen molar-refractivity contribution in [2.24, 2.45) is 0 Å². The van der Waals surface area contributed by atoms with Crippen molar-refractivity contribution in [2.45, 2.75) is 0 Å². The third-order valence-corrected chi connectivity index (χ3v) is 2.20. The van der Waals surface area contributed by atoms with Crippen LogP contribution >= 0.6 is 0 Å². The highest BCUT2D eigenvalue weighted by Gasteiger charge is 1.96. The quantitative estimate of drug-likeness (QED) is 0.851. The van der Waals surface area contributed by atoms with E-state index in [2.05, 4.69) is 5.32 Å². The zero-order valence-corrected chi connectivity index (χ0v) is 9.22. The maximum absolute atomic E-state index is 10.1. The molecule has 2 rings (SSSR count). The molecule has 3 heteroatoms. The Hall–Kier alpha value is -2.29. The first-order valence-electron chi connectivity index (χ1n) is 5.30. The van der Waals surface area contributed by atoms with Crippen molar-refractivity contribution < 1.29 is 9.53 Å². The number of nitrogens with one attached hydrogen (secondary N) is 1. The maximum atomic E-state index is 10.1. The van der Waals surface area contributed by atoms with E-state index >= 15 is 0 Å². The highest BCUT2D eigenvalue weighted by Crippen LogP contribution is 2.22. The topological polar surface area (TPSA) is 38.3 Å². The highest BCUT2D eigenvalue weighted by molar-refractivity contribution is 5.60. The van der Waals surface area contributed by atoms with E-state index in [-0.39, 0.29) is 6.54 Å². The lowest BCUT2D eigenvalue weighted by Crippen LogP contribution is -2.01. The minimum absolute atomic E-state index is 0.193. The molecule has 1 radical (unpaired) electrons. The van der Waals surface area contributed by atoms with Crippen LogP contribution in [-0.4, -0.2) is 12.8 Å². The van der Waals surface area contributed by atoms with Gasteiger partial charge < -0.3 is 10.1 Å². The summed E-state index contributed by atoms with van der Waals surface area (Å²) in [5.74, 6) is 1.56. The summed E-state index contributed by atoms with van der Waals surface area (Å²) in [4.78, 5) is 10.1. The van der Waals surface area contributed by atoms with E-state index in [0.717, 1.165) is 17.2 Å². The van der Waals surface area contributed by atoms with Crippen LogP contribution in [0.4, 0.5) is 5.69 Å². The van der Waals surface area contributed by atoms with Crippen molar-refractivity contribution in [3.63, 3.8) is 0 Å². The number of hydrogen-bond donors (Lipinski definition) is 1. The van der Waals surface area contributed by atoms with E-state index in [9.17, 15) is 4.79 Å². The molecule has 0 bridgehead atoms. The Kier molecular flexibility index (Phi) is 3.76. The third kappa shape index (κ3) is 3.34. The van der Waals surface area contributed by atoms with Gasteiger partial charge in [0.05, 0.1) is 6.54 Å². The molecule has 1 N–H and O–H groups in total. The van der Waals surface area contributed by atoms with Crippen LogP contribution in [0, 0.1) is 0 Å². The summed E-state index contributed by atoms with van der Waals surface area (Å²) in [5.41, 5.74) is 0.869. The molecule has 0 saturated carbocycles. The molecule has 85 valence electrons. The largest absolute Gasteiger partial charge is 0.457 e. The van der Waals surface area contributed by atoms with Gasteiger partial charge in [0, 0.05) is 5.69 Å². The Balaban J connectivity index is 2.01. The van der Waals surface area contributed by atoms with Gasteiger partial charge in [0.15, 0.2) is 0 Å². The van der Waals surface area contributed by atoms with Crippen LogP contribution in [0.15, 0.2) is 54.6 Å². The minimum atomic E-state index is 0.193. The van der Waals surface area contributed by atoms with Gasteiger partial charge in [-0.1, -0.05) is 18.2 Å². The summed E-state index contributed by atoms with van der Waals surface area (Å²) in [6, 6.07) is 17.0. The van der Waals surface area contributed by atoms with Crippen LogP contribution in [0.2, 0.25) is 0 Å². The minimum Gasteiger partial charge on any atom is -0.457 e. The van der Waals surface area contributed by atoms with Crippen molar-refractivity contribution in [1.29, 1.82) is 0 Å². The second kappa shape index (κ2) is 5.70. The number of rotatable bonds is 5.